The van der Waals surface area contributed by atoms with E-state index in [1.165, 1.54) is 0 Å². The van der Waals surface area contributed by atoms with Gasteiger partial charge in [0.05, 0.1) is 5.39 Å². The highest BCUT2D eigenvalue weighted by molar-refractivity contribution is 6.74. The minimum Gasteiger partial charge on any atom is -0.414 e. The van der Waals surface area contributed by atoms with Gasteiger partial charge in [-0.05, 0) is 49.9 Å². The van der Waals surface area contributed by atoms with Gasteiger partial charge >= 0.3 is 0 Å². The molecule has 0 amide bonds. The maximum Gasteiger partial charge on any atom is 0.192 e. The fourth-order valence-corrected chi connectivity index (χ4v) is 4.88. The lowest BCUT2D eigenvalue weighted by atomic mass is 9.93. The molecule has 0 saturated heterocycles. The minimum absolute atomic E-state index is 0.272. The number of aromatic nitrogens is 3. The molecule has 0 aromatic carbocycles. The van der Waals surface area contributed by atoms with Crippen LogP contribution >= 0.6 is 11.6 Å². The Balaban J connectivity index is 1.68. The molecule has 0 N–H and O–H groups in total. The lowest BCUT2D eigenvalue weighted by Crippen LogP contribution is -2.44. The Morgan fingerprint density at radius 3 is 2.46 bits per heavy atom. The number of hydrogen-bond donors (Lipinski definition) is 0. The van der Waals surface area contributed by atoms with Gasteiger partial charge in [-0.25, -0.2) is 9.97 Å². The van der Waals surface area contributed by atoms with Crippen LogP contribution in [0.1, 0.15) is 52.5 Å². The number of fused-ring (bicyclic) bond motifs is 1. The lowest BCUT2D eigenvalue weighted by molar-refractivity contribution is 0.119. The van der Waals surface area contributed by atoms with E-state index in [-0.39, 0.29) is 5.04 Å². The van der Waals surface area contributed by atoms with Crippen molar-refractivity contribution in [1.29, 1.82) is 0 Å². The molecule has 0 bridgehead atoms. The third-order valence-electron chi connectivity index (χ3n) is 5.77. The molecule has 1 aliphatic rings. The first kappa shape index (κ1) is 17.9. The summed E-state index contributed by atoms with van der Waals surface area (Å²) in [5.41, 5.74) is 0.948. The fourth-order valence-electron chi connectivity index (χ4n) is 3.27. The molecule has 0 atom stereocenters. The molecule has 0 aliphatic heterocycles. The van der Waals surface area contributed by atoms with E-state index in [2.05, 4.69) is 54.6 Å². The van der Waals surface area contributed by atoms with Crippen LogP contribution in [0.5, 0.6) is 0 Å². The summed E-state index contributed by atoms with van der Waals surface area (Å²) in [5, 5.41) is 1.75. The van der Waals surface area contributed by atoms with Crippen LogP contribution in [0, 0.1) is 0 Å². The van der Waals surface area contributed by atoms with Gasteiger partial charge in [0, 0.05) is 18.3 Å². The van der Waals surface area contributed by atoms with Crippen LogP contribution in [0.4, 0.5) is 0 Å². The average molecular weight is 366 g/mol. The summed E-state index contributed by atoms with van der Waals surface area (Å²) in [7, 11) is -1.68. The highest BCUT2D eigenvalue weighted by atomic mass is 35.5. The second-order valence-electron chi connectivity index (χ2n) is 8.43. The molecule has 1 aliphatic carbocycles. The van der Waals surface area contributed by atoms with Gasteiger partial charge in [0.1, 0.15) is 17.1 Å². The molecule has 132 valence electrons. The fraction of sp³-hybridized carbons (Fsp3) is 0.667. The predicted octanol–water partition coefficient (Wildman–Crippen LogP) is 5.59. The largest absolute Gasteiger partial charge is 0.414 e. The van der Waals surface area contributed by atoms with Gasteiger partial charge in [0.25, 0.3) is 0 Å². The molecule has 0 unspecified atom stereocenters. The van der Waals surface area contributed by atoms with Crippen molar-refractivity contribution >= 4 is 31.0 Å². The second-order valence-corrected chi connectivity index (χ2v) is 13.5. The van der Waals surface area contributed by atoms with E-state index in [0.717, 1.165) is 36.7 Å². The average Bonchev–Trinajstić information content (AvgIpc) is 2.92. The van der Waals surface area contributed by atoms with E-state index in [1.54, 1.807) is 6.33 Å². The Kier molecular flexibility index (Phi) is 4.79. The van der Waals surface area contributed by atoms with Gasteiger partial charge in [0.2, 0.25) is 0 Å². The van der Waals surface area contributed by atoms with Crippen molar-refractivity contribution in [1.82, 2.24) is 14.5 Å². The molecule has 6 heteroatoms. The SMILES string of the molecule is CC(C)(C)[Si](C)(C)OC1CCC(n2ccc3c(Cl)ncnc32)CC1. The van der Waals surface area contributed by atoms with Crippen LogP contribution in [0.15, 0.2) is 18.6 Å². The first-order chi connectivity index (χ1) is 11.2. The molecule has 24 heavy (non-hydrogen) atoms. The van der Waals surface area contributed by atoms with Crippen molar-refractivity contribution in [2.45, 2.75) is 76.7 Å². The molecule has 2 aromatic rings. The van der Waals surface area contributed by atoms with Gasteiger partial charge in [-0.1, -0.05) is 32.4 Å². The van der Waals surface area contributed by atoms with E-state index in [4.69, 9.17) is 16.0 Å². The molecule has 1 saturated carbocycles. The maximum atomic E-state index is 6.60. The van der Waals surface area contributed by atoms with E-state index in [9.17, 15) is 0 Å². The van der Waals surface area contributed by atoms with Crippen LogP contribution in [0.25, 0.3) is 11.0 Å². The summed E-state index contributed by atoms with van der Waals surface area (Å²) in [5.74, 6) is 0. The monoisotopic (exact) mass is 365 g/mol. The highest BCUT2D eigenvalue weighted by Crippen LogP contribution is 2.40. The van der Waals surface area contributed by atoms with Gasteiger partial charge in [-0.15, -0.1) is 0 Å². The van der Waals surface area contributed by atoms with E-state index in [0.29, 0.717) is 17.3 Å². The summed E-state index contributed by atoms with van der Waals surface area (Å²) in [6.45, 7) is 11.6. The molecule has 0 radical (unpaired) electrons. The van der Waals surface area contributed by atoms with Crippen molar-refractivity contribution in [2.75, 3.05) is 0 Å². The number of nitrogens with zero attached hydrogens (tertiary/aromatic N) is 3. The van der Waals surface area contributed by atoms with Gasteiger partial charge in [0.15, 0.2) is 8.32 Å². The van der Waals surface area contributed by atoms with Crippen LogP contribution in [-0.2, 0) is 4.43 Å². The third kappa shape index (κ3) is 3.39. The molecular weight excluding hydrogens is 338 g/mol. The van der Waals surface area contributed by atoms with Crippen LogP contribution < -0.4 is 0 Å². The molecule has 1 fully saturated rings. The summed E-state index contributed by atoms with van der Waals surface area (Å²) in [6, 6.07) is 2.50. The van der Waals surface area contributed by atoms with Crippen LogP contribution in [0.2, 0.25) is 23.3 Å². The smallest absolute Gasteiger partial charge is 0.192 e. The van der Waals surface area contributed by atoms with Crippen LogP contribution in [0.3, 0.4) is 0 Å². The minimum atomic E-state index is -1.68. The Morgan fingerprint density at radius 2 is 1.83 bits per heavy atom. The third-order valence-corrected chi connectivity index (χ3v) is 10.6. The van der Waals surface area contributed by atoms with E-state index in [1.807, 2.05) is 6.07 Å². The van der Waals surface area contributed by atoms with Gasteiger partial charge in [-0.3, -0.25) is 0 Å². The second kappa shape index (κ2) is 6.43. The molecule has 2 aromatic heterocycles. The van der Waals surface area contributed by atoms with Crippen LogP contribution in [-0.4, -0.2) is 29.0 Å². The standard InChI is InChI=1S/C18H28ClN3OSi/c1-18(2,3)24(4,5)23-14-8-6-13(7-9-14)22-11-10-15-16(19)20-12-21-17(15)22/h10-14H,6-9H2,1-5H3. The molecular formula is C18H28ClN3OSi. The van der Waals surface area contributed by atoms with Crippen molar-refractivity contribution in [3.05, 3.63) is 23.7 Å². The topological polar surface area (TPSA) is 39.9 Å². The first-order valence-corrected chi connectivity index (χ1v) is 12.1. The summed E-state index contributed by atoms with van der Waals surface area (Å²) in [6.07, 6.45) is 8.56. The molecule has 2 heterocycles. The van der Waals surface area contributed by atoms with Gasteiger partial charge < -0.3 is 8.99 Å². The molecule has 3 rings (SSSR count). The zero-order valence-corrected chi connectivity index (χ0v) is 17.1. The first-order valence-electron chi connectivity index (χ1n) is 8.84. The van der Waals surface area contributed by atoms with E-state index < -0.39 is 8.32 Å². The summed E-state index contributed by atoms with van der Waals surface area (Å²) in [4.78, 5) is 8.50. The zero-order valence-electron chi connectivity index (χ0n) is 15.3. The van der Waals surface area contributed by atoms with Gasteiger partial charge in [-0.2, -0.15) is 0 Å². The Morgan fingerprint density at radius 1 is 1.17 bits per heavy atom. The summed E-state index contributed by atoms with van der Waals surface area (Å²) >= 11 is 6.17. The number of halogens is 1. The summed E-state index contributed by atoms with van der Waals surface area (Å²) < 4.78 is 8.87. The van der Waals surface area contributed by atoms with Crippen molar-refractivity contribution < 1.29 is 4.43 Å². The maximum absolute atomic E-state index is 6.60. The quantitative estimate of drug-likeness (QED) is 0.525. The predicted molar refractivity (Wildman–Crippen MR) is 102 cm³/mol. The zero-order chi connectivity index (χ0) is 17.5. The van der Waals surface area contributed by atoms with Crippen molar-refractivity contribution in [2.24, 2.45) is 0 Å². The van der Waals surface area contributed by atoms with Crippen molar-refractivity contribution in [3.8, 4) is 0 Å². The molecule has 4 nitrogen and oxygen atoms in total. The van der Waals surface area contributed by atoms with E-state index >= 15 is 0 Å². The number of rotatable bonds is 3. The highest BCUT2D eigenvalue weighted by Gasteiger charge is 2.40. The Bertz CT molecular complexity index is 715. The Hall–Kier alpha value is -0.913. The molecule has 0 spiro atoms. The lowest BCUT2D eigenvalue weighted by Gasteiger charge is -2.41. The Labute approximate surface area is 150 Å². The normalized spacial score (nSPS) is 22.9. The van der Waals surface area contributed by atoms with Crippen molar-refractivity contribution in [3.63, 3.8) is 0 Å². The number of hydrogen-bond acceptors (Lipinski definition) is 3.